The Labute approximate surface area is 53.3 Å². The van der Waals surface area contributed by atoms with E-state index < -0.39 is 0 Å². The van der Waals surface area contributed by atoms with E-state index in [4.69, 9.17) is 0 Å². The first-order valence-corrected chi connectivity index (χ1v) is 2.90. The molecule has 0 aromatic rings. The van der Waals surface area contributed by atoms with Crippen LogP contribution in [0, 0.1) is 0 Å². The molecule has 0 unspecified atom stereocenters. The van der Waals surface area contributed by atoms with Gasteiger partial charge in [0, 0.05) is 11.8 Å². The lowest BCUT2D eigenvalue weighted by Gasteiger charge is -2.00. The molecule has 2 heteroatoms. The van der Waals surface area contributed by atoms with Crippen LogP contribution in [0.2, 0.25) is 0 Å². The molecule has 0 radical (unpaired) electrons. The van der Waals surface area contributed by atoms with Crippen LogP contribution in [-0.4, -0.2) is 18.6 Å². The Morgan fingerprint density at radius 1 is 1.44 bits per heavy atom. The van der Waals surface area contributed by atoms with E-state index in [1.54, 1.807) is 0 Å². The van der Waals surface area contributed by atoms with Crippen LogP contribution in [0.4, 0.5) is 0 Å². The van der Waals surface area contributed by atoms with Crippen LogP contribution >= 0.6 is 0 Å². The van der Waals surface area contributed by atoms with Crippen molar-refractivity contribution in [2.24, 2.45) is 9.98 Å². The van der Waals surface area contributed by atoms with Gasteiger partial charge in [0.2, 0.25) is 0 Å². The second kappa shape index (κ2) is 1.65. The summed E-state index contributed by atoms with van der Waals surface area (Å²) in [4.78, 5) is 8.15. The normalized spacial score (nSPS) is 21.3. The molecule has 2 rings (SSSR count). The predicted molar refractivity (Wildman–Crippen MR) is 38.0 cm³/mol. The first kappa shape index (κ1) is 4.68. The molecule has 0 aromatic heterocycles. The fourth-order valence-corrected chi connectivity index (χ4v) is 0.934. The largest absolute Gasteiger partial charge is 0.269 e. The Kier molecular flexibility index (Phi) is 0.859. The highest BCUT2D eigenvalue weighted by Gasteiger charge is 2.06. The number of rotatable bonds is 0. The van der Waals surface area contributed by atoms with E-state index in [1.165, 1.54) is 0 Å². The molecule has 44 valence electrons. The molecule has 0 saturated carbocycles. The molecule has 2 nitrogen and oxygen atoms in total. The summed E-state index contributed by atoms with van der Waals surface area (Å²) in [5.41, 5.74) is 2.21. The lowest BCUT2D eigenvalue weighted by molar-refractivity contribution is 1.07. The molecular formula is C7H6N2. The van der Waals surface area contributed by atoms with Crippen LogP contribution in [0.5, 0.6) is 0 Å². The first-order valence-electron chi connectivity index (χ1n) is 2.90. The van der Waals surface area contributed by atoms with Gasteiger partial charge in [-0.25, -0.2) is 0 Å². The quantitative estimate of drug-likeness (QED) is 0.452. The highest BCUT2D eigenvalue weighted by molar-refractivity contribution is 6.24. The highest BCUT2D eigenvalue weighted by atomic mass is 14.9. The summed E-state index contributed by atoms with van der Waals surface area (Å²) in [6.45, 7) is 0.594. The standard InChI is InChI=1S/C7H6N2/c1-2-6-4-8-5-9-7(6)3-1/h1-4H,5H2. The molecule has 0 N–H and O–H groups in total. The molecule has 1 aliphatic heterocycles. The number of allylic oxidation sites excluding steroid dienone is 4. The van der Waals surface area contributed by atoms with Crippen molar-refractivity contribution in [1.82, 2.24) is 0 Å². The van der Waals surface area contributed by atoms with Crippen molar-refractivity contribution in [2.75, 3.05) is 6.67 Å². The van der Waals surface area contributed by atoms with Crippen molar-refractivity contribution in [1.29, 1.82) is 0 Å². The molecule has 2 aliphatic rings. The summed E-state index contributed by atoms with van der Waals surface area (Å²) in [5, 5.41) is 0. The average Bonchev–Trinajstić information content (AvgIpc) is 2.33. The molecule has 1 heterocycles. The van der Waals surface area contributed by atoms with Crippen LogP contribution in [0.1, 0.15) is 0 Å². The molecule has 0 atom stereocenters. The van der Waals surface area contributed by atoms with Crippen LogP contribution in [0.25, 0.3) is 0 Å². The summed E-state index contributed by atoms with van der Waals surface area (Å²) in [6.07, 6.45) is 7.87. The maximum absolute atomic E-state index is 4.16. The fourth-order valence-electron chi connectivity index (χ4n) is 0.934. The highest BCUT2D eigenvalue weighted by Crippen LogP contribution is 2.08. The molecule has 0 amide bonds. The van der Waals surface area contributed by atoms with E-state index in [2.05, 4.69) is 9.98 Å². The predicted octanol–water partition coefficient (Wildman–Crippen LogP) is 0.966. The smallest absolute Gasteiger partial charge is 0.130 e. The van der Waals surface area contributed by atoms with Gasteiger partial charge in [0.05, 0.1) is 5.71 Å². The van der Waals surface area contributed by atoms with E-state index in [0.29, 0.717) is 6.67 Å². The van der Waals surface area contributed by atoms with Gasteiger partial charge in [-0.2, -0.15) is 0 Å². The van der Waals surface area contributed by atoms with Crippen molar-refractivity contribution in [3.8, 4) is 0 Å². The maximum atomic E-state index is 4.16. The van der Waals surface area contributed by atoms with Crippen LogP contribution in [-0.2, 0) is 0 Å². The number of aliphatic imine (C=N–C) groups is 2. The van der Waals surface area contributed by atoms with Gasteiger partial charge in [-0.05, 0) is 6.08 Å². The van der Waals surface area contributed by atoms with Crippen molar-refractivity contribution >= 4 is 11.9 Å². The van der Waals surface area contributed by atoms with E-state index in [-0.39, 0.29) is 0 Å². The van der Waals surface area contributed by atoms with Gasteiger partial charge in [0.1, 0.15) is 6.67 Å². The van der Waals surface area contributed by atoms with Crippen molar-refractivity contribution in [2.45, 2.75) is 0 Å². The van der Waals surface area contributed by atoms with Crippen LogP contribution in [0.3, 0.4) is 0 Å². The third-order valence-corrected chi connectivity index (χ3v) is 1.38. The van der Waals surface area contributed by atoms with Gasteiger partial charge in [0.25, 0.3) is 0 Å². The molecule has 0 fully saturated rings. The number of hydrogen-bond acceptors (Lipinski definition) is 2. The first-order chi connectivity index (χ1) is 4.47. The Hall–Kier alpha value is -1.18. The monoisotopic (exact) mass is 118 g/mol. The Morgan fingerprint density at radius 3 is 3.33 bits per heavy atom. The number of fused-ring (bicyclic) bond motifs is 1. The summed E-state index contributed by atoms with van der Waals surface area (Å²) < 4.78 is 0. The molecular weight excluding hydrogens is 112 g/mol. The van der Waals surface area contributed by atoms with Gasteiger partial charge in [-0.3, -0.25) is 9.98 Å². The summed E-state index contributed by atoms with van der Waals surface area (Å²) in [6, 6.07) is 0. The number of nitrogens with zero attached hydrogens (tertiary/aromatic N) is 2. The second-order valence-corrected chi connectivity index (χ2v) is 1.98. The van der Waals surface area contributed by atoms with Crippen molar-refractivity contribution < 1.29 is 0 Å². The van der Waals surface area contributed by atoms with E-state index in [0.717, 1.165) is 11.3 Å². The zero-order chi connectivity index (χ0) is 6.10. The third kappa shape index (κ3) is 0.633. The zero-order valence-corrected chi connectivity index (χ0v) is 4.91. The third-order valence-electron chi connectivity index (χ3n) is 1.38. The van der Waals surface area contributed by atoms with Gasteiger partial charge in [0.15, 0.2) is 0 Å². The van der Waals surface area contributed by atoms with Crippen LogP contribution < -0.4 is 0 Å². The molecule has 9 heavy (non-hydrogen) atoms. The van der Waals surface area contributed by atoms with E-state index in [9.17, 15) is 0 Å². The van der Waals surface area contributed by atoms with Gasteiger partial charge in [-0.1, -0.05) is 12.2 Å². The molecule has 0 bridgehead atoms. The Balaban J connectivity index is 2.46. The molecule has 0 saturated heterocycles. The minimum atomic E-state index is 0.594. The van der Waals surface area contributed by atoms with E-state index >= 15 is 0 Å². The average molecular weight is 118 g/mol. The van der Waals surface area contributed by atoms with Crippen LogP contribution in [0.15, 0.2) is 33.8 Å². The maximum Gasteiger partial charge on any atom is 0.130 e. The van der Waals surface area contributed by atoms with Crippen molar-refractivity contribution in [3.63, 3.8) is 0 Å². The minimum absolute atomic E-state index is 0.594. The lowest BCUT2D eigenvalue weighted by Crippen LogP contribution is -2.02. The fraction of sp³-hybridized carbons (Fsp3) is 0.143. The molecule has 0 aromatic carbocycles. The molecule has 0 spiro atoms. The summed E-state index contributed by atoms with van der Waals surface area (Å²) in [5.74, 6) is 0. The minimum Gasteiger partial charge on any atom is -0.269 e. The zero-order valence-electron chi connectivity index (χ0n) is 4.91. The summed E-state index contributed by atoms with van der Waals surface area (Å²) in [7, 11) is 0. The second-order valence-electron chi connectivity index (χ2n) is 1.98. The number of hydrogen-bond donors (Lipinski definition) is 0. The topological polar surface area (TPSA) is 24.7 Å². The SMILES string of the molecule is C1=CC2=NCN=CC2=C1. The Morgan fingerprint density at radius 2 is 2.44 bits per heavy atom. The lowest BCUT2D eigenvalue weighted by atomic mass is 10.2. The Bertz CT molecular complexity index is 244. The molecule has 1 aliphatic carbocycles. The van der Waals surface area contributed by atoms with Gasteiger partial charge >= 0.3 is 0 Å². The van der Waals surface area contributed by atoms with E-state index in [1.807, 2.05) is 24.4 Å². The summed E-state index contributed by atoms with van der Waals surface area (Å²) >= 11 is 0. The van der Waals surface area contributed by atoms with Gasteiger partial charge in [-0.15, -0.1) is 0 Å². The van der Waals surface area contributed by atoms with Gasteiger partial charge < -0.3 is 0 Å². The van der Waals surface area contributed by atoms with Crippen molar-refractivity contribution in [3.05, 3.63) is 23.8 Å².